The molecule has 0 bridgehead atoms. The highest BCUT2D eigenvalue weighted by Gasteiger charge is 2.22. The molecule has 1 heterocycles. The van der Waals surface area contributed by atoms with Crippen LogP contribution in [0, 0.1) is 5.92 Å². The lowest BCUT2D eigenvalue weighted by Gasteiger charge is -2.21. The molecule has 2 N–H and O–H groups in total. The van der Waals surface area contributed by atoms with Crippen molar-refractivity contribution in [1.29, 1.82) is 0 Å². The number of aromatic nitrogens is 1. The second kappa shape index (κ2) is 7.08. The number of carbonyl (C=O) groups excluding carboxylic acids is 1. The lowest BCUT2D eigenvalue weighted by atomic mass is 10.0. The minimum Gasteiger partial charge on any atom is -0.480 e. The summed E-state index contributed by atoms with van der Waals surface area (Å²) in [7, 11) is 1.61. The number of aliphatic carboxylic acids is 1. The third-order valence-electron chi connectivity index (χ3n) is 2.53. The van der Waals surface area contributed by atoms with Gasteiger partial charge in [-0.2, -0.15) is 0 Å². The molecular formula is C12H19N3O3S. The van der Waals surface area contributed by atoms with E-state index in [1.54, 1.807) is 12.6 Å². The van der Waals surface area contributed by atoms with Gasteiger partial charge in [0.2, 0.25) is 0 Å². The Morgan fingerprint density at radius 3 is 2.68 bits per heavy atom. The van der Waals surface area contributed by atoms with E-state index >= 15 is 0 Å². The van der Waals surface area contributed by atoms with Gasteiger partial charge in [-0.15, -0.1) is 11.3 Å². The van der Waals surface area contributed by atoms with Crippen LogP contribution in [-0.2, 0) is 11.3 Å². The van der Waals surface area contributed by atoms with Crippen molar-refractivity contribution in [2.75, 3.05) is 7.05 Å². The minimum atomic E-state index is -1.01. The fraction of sp³-hybridized carbons (Fsp3) is 0.583. The number of carboxylic acids is 1. The van der Waals surface area contributed by atoms with Crippen molar-refractivity contribution < 1.29 is 14.7 Å². The van der Waals surface area contributed by atoms with Crippen LogP contribution >= 0.6 is 11.3 Å². The van der Waals surface area contributed by atoms with Crippen molar-refractivity contribution in [2.45, 2.75) is 32.9 Å². The van der Waals surface area contributed by atoms with E-state index in [0.717, 1.165) is 5.69 Å². The predicted molar refractivity (Wildman–Crippen MR) is 73.0 cm³/mol. The summed E-state index contributed by atoms with van der Waals surface area (Å²) >= 11 is 1.46. The highest BCUT2D eigenvalue weighted by molar-refractivity contribution is 7.07. The van der Waals surface area contributed by atoms with Gasteiger partial charge in [0.15, 0.2) is 0 Å². The normalized spacial score (nSPS) is 12.2. The summed E-state index contributed by atoms with van der Waals surface area (Å²) in [4.78, 5) is 28.5. The van der Waals surface area contributed by atoms with E-state index in [9.17, 15) is 9.59 Å². The first-order valence-corrected chi connectivity index (χ1v) is 6.96. The topological polar surface area (TPSA) is 82.5 Å². The molecule has 6 nitrogen and oxygen atoms in total. The third kappa shape index (κ3) is 5.25. The number of nitrogens with zero attached hydrogens (tertiary/aromatic N) is 2. The van der Waals surface area contributed by atoms with Crippen LogP contribution < -0.4 is 5.32 Å². The second-order valence-electron chi connectivity index (χ2n) is 4.81. The molecule has 1 aromatic rings. The summed E-state index contributed by atoms with van der Waals surface area (Å²) in [5, 5.41) is 13.4. The van der Waals surface area contributed by atoms with Crippen LogP contribution in [0.3, 0.4) is 0 Å². The fourth-order valence-corrected chi connectivity index (χ4v) is 2.13. The van der Waals surface area contributed by atoms with E-state index in [2.05, 4.69) is 10.3 Å². The van der Waals surface area contributed by atoms with Gasteiger partial charge in [0.25, 0.3) is 0 Å². The molecule has 0 aliphatic rings. The molecular weight excluding hydrogens is 266 g/mol. The maximum atomic E-state index is 11.9. The van der Waals surface area contributed by atoms with Crippen molar-refractivity contribution in [2.24, 2.45) is 5.92 Å². The zero-order valence-corrected chi connectivity index (χ0v) is 12.1. The summed E-state index contributed by atoms with van der Waals surface area (Å²) in [6, 6.07) is -1.26. The van der Waals surface area contributed by atoms with E-state index in [1.165, 1.54) is 16.2 Å². The molecule has 0 saturated carbocycles. The van der Waals surface area contributed by atoms with E-state index < -0.39 is 18.0 Å². The molecule has 1 rings (SSSR count). The molecule has 1 atom stereocenters. The first-order valence-electron chi connectivity index (χ1n) is 6.01. The van der Waals surface area contributed by atoms with Crippen molar-refractivity contribution in [1.82, 2.24) is 15.2 Å². The molecule has 0 unspecified atom stereocenters. The Bertz CT molecular complexity index is 420. The molecule has 1 aromatic heterocycles. The maximum absolute atomic E-state index is 11.9. The smallest absolute Gasteiger partial charge is 0.326 e. The number of nitrogens with one attached hydrogen (secondary N) is 1. The highest BCUT2D eigenvalue weighted by Crippen LogP contribution is 2.07. The van der Waals surface area contributed by atoms with Crippen LogP contribution in [0.2, 0.25) is 0 Å². The van der Waals surface area contributed by atoms with Crippen LogP contribution in [0.5, 0.6) is 0 Å². The lowest BCUT2D eigenvalue weighted by Crippen LogP contribution is -2.47. The number of amides is 2. The number of thiazole rings is 1. The van der Waals surface area contributed by atoms with Crippen molar-refractivity contribution in [3.8, 4) is 0 Å². The highest BCUT2D eigenvalue weighted by atomic mass is 32.1. The standard InChI is InChI=1S/C12H19N3O3S/c1-8(2)4-10(11(16)17)14-12(18)15(3)5-9-6-19-7-13-9/h6-8,10H,4-5H2,1-3H3,(H,14,18)(H,16,17)/t10-/m1/s1. The Morgan fingerprint density at radius 1 is 1.53 bits per heavy atom. The van der Waals surface area contributed by atoms with Gasteiger partial charge in [-0.05, 0) is 12.3 Å². The van der Waals surface area contributed by atoms with Crippen molar-refractivity contribution in [3.05, 3.63) is 16.6 Å². The van der Waals surface area contributed by atoms with E-state index in [1.807, 2.05) is 19.2 Å². The molecule has 0 radical (unpaired) electrons. The first kappa shape index (κ1) is 15.4. The molecule has 0 fully saturated rings. The average molecular weight is 285 g/mol. The number of carboxylic acid groups (broad SMARTS) is 1. The largest absolute Gasteiger partial charge is 0.480 e. The number of urea groups is 1. The minimum absolute atomic E-state index is 0.199. The van der Waals surface area contributed by atoms with Gasteiger partial charge in [0.05, 0.1) is 17.7 Å². The summed E-state index contributed by atoms with van der Waals surface area (Å²) in [5.41, 5.74) is 2.48. The van der Waals surface area contributed by atoms with Gasteiger partial charge >= 0.3 is 12.0 Å². The van der Waals surface area contributed by atoms with Crippen LogP contribution in [0.1, 0.15) is 26.0 Å². The molecule has 0 aromatic carbocycles. The van der Waals surface area contributed by atoms with Crippen LogP contribution in [0.15, 0.2) is 10.9 Å². The zero-order valence-electron chi connectivity index (χ0n) is 11.3. The Morgan fingerprint density at radius 2 is 2.21 bits per heavy atom. The van der Waals surface area contributed by atoms with Crippen molar-refractivity contribution >= 4 is 23.3 Å². The summed E-state index contributed by atoms with van der Waals surface area (Å²) in [6.45, 7) is 4.20. The van der Waals surface area contributed by atoms with Crippen LogP contribution in [-0.4, -0.2) is 40.1 Å². The summed E-state index contributed by atoms with van der Waals surface area (Å²) in [6.07, 6.45) is 0.408. The molecule has 0 aliphatic carbocycles. The fourth-order valence-electron chi connectivity index (χ4n) is 1.58. The van der Waals surface area contributed by atoms with Crippen molar-refractivity contribution in [3.63, 3.8) is 0 Å². The van der Waals surface area contributed by atoms with Gasteiger partial charge < -0.3 is 15.3 Å². The van der Waals surface area contributed by atoms with Gasteiger partial charge in [0.1, 0.15) is 6.04 Å². The molecule has 106 valence electrons. The van der Waals surface area contributed by atoms with Crippen LogP contribution in [0.25, 0.3) is 0 Å². The van der Waals surface area contributed by atoms with Gasteiger partial charge in [-0.25, -0.2) is 14.6 Å². The van der Waals surface area contributed by atoms with Gasteiger partial charge in [-0.3, -0.25) is 0 Å². The molecule has 0 aliphatic heterocycles. The number of hydrogen-bond donors (Lipinski definition) is 2. The van der Waals surface area contributed by atoms with E-state index in [-0.39, 0.29) is 5.92 Å². The molecule has 0 spiro atoms. The van der Waals surface area contributed by atoms with E-state index in [4.69, 9.17) is 5.11 Å². The zero-order chi connectivity index (χ0) is 14.4. The maximum Gasteiger partial charge on any atom is 0.326 e. The molecule has 0 saturated heterocycles. The molecule has 7 heteroatoms. The Labute approximate surface area is 116 Å². The number of hydrogen-bond acceptors (Lipinski definition) is 4. The SMILES string of the molecule is CC(C)C[C@@H](NC(=O)N(C)Cc1cscn1)C(=O)O. The summed E-state index contributed by atoms with van der Waals surface area (Å²) < 4.78 is 0. The van der Waals surface area contributed by atoms with Gasteiger partial charge in [0, 0.05) is 12.4 Å². The quantitative estimate of drug-likeness (QED) is 0.834. The summed E-state index contributed by atoms with van der Waals surface area (Å²) in [5.74, 6) is -0.811. The lowest BCUT2D eigenvalue weighted by molar-refractivity contribution is -0.139. The monoisotopic (exact) mass is 285 g/mol. The molecule has 19 heavy (non-hydrogen) atoms. The Kier molecular flexibility index (Phi) is 5.75. The predicted octanol–water partition coefficient (Wildman–Crippen LogP) is 1.78. The first-order chi connectivity index (χ1) is 8.90. The molecule has 2 amide bonds. The Hall–Kier alpha value is -1.63. The second-order valence-corrected chi connectivity index (χ2v) is 5.52. The average Bonchev–Trinajstić information content (AvgIpc) is 2.79. The van der Waals surface area contributed by atoms with Gasteiger partial charge in [-0.1, -0.05) is 13.8 Å². The third-order valence-corrected chi connectivity index (χ3v) is 3.17. The number of rotatable bonds is 6. The van der Waals surface area contributed by atoms with Crippen LogP contribution in [0.4, 0.5) is 4.79 Å². The Balaban J connectivity index is 2.53. The number of carbonyl (C=O) groups is 2. The van der Waals surface area contributed by atoms with E-state index in [0.29, 0.717) is 13.0 Å².